The van der Waals surface area contributed by atoms with Gasteiger partial charge in [0.1, 0.15) is 0 Å². The Morgan fingerprint density at radius 2 is 1.77 bits per heavy atom. The molecule has 0 N–H and O–H groups in total. The molecule has 0 spiro atoms. The van der Waals surface area contributed by atoms with Crippen molar-refractivity contribution in [1.29, 1.82) is 0 Å². The molecule has 2 aromatic heterocycles. The van der Waals surface area contributed by atoms with Crippen molar-refractivity contribution in [1.82, 2.24) is 14.3 Å². The van der Waals surface area contributed by atoms with Gasteiger partial charge < -0.3 is 9.64 Å². The van der Waals surface area contributed by atoms with Gasteiger partial charge in [-0.25, -0.2) is 14.5 Å². The number of nitrogens with zero attached hydrogens (tertiary/aromatic N) is 5. The molecule has 3 heterocycles. The fourth-order valence-corrected chi connectivity index (χ4v) is 5.91. The molecule has 1 aliphatic heterocycles. The Kier molecular flexibility index (Phi) is 7.10. The summed E-state index contributed by atoms with van der Waals surface area (Å²) in [5.74, 6) is -0.467. The van der Waals surface area contributed by atoms with Crippen LogP contribution in [0.4, 0.5) is 5.69 Å². The van der Waals surface area contributed by atoms with Crippen molar-refractivity contribution >= 4 is 29.1 Å². The summed E-state index contributed by atoms with van der Waals surface area (Å²) in [7, 11) is 3.94. The highest BCUT2D eigenvalue weighted by Gasteiger charge is 2.33. The lowest BCUT2D eigenvalue weighted by Crippen LogP contribution is -2.40. The van der Waals surface area contributed by atoms with Gasteiger partial charge in [-0.1, -0.05) is 41.7 Å². The number of rotatable bonds is 6. The minimum absolute atomic E-state index is 0.207. The highest BCUT2D eigenvalue weighted by atomic mass is 32.1. The van der Waals surface area contributed by atoms with E-state index in [4.69, 9.17) is 9.84 Å². The molecular weight excluding hydrogens is 510 g/mol. The number of allylic oxidation sites excluding steroid dienone is 1. The van der Waals surface area contributed by atoms with Gasteiger partial charge >= 0.3 is 5.97 Å². The SMILES string of the molecule is CCOC(=O)C1=C(C)N=c2sc(=Cc3c(C)nn(-c4ccccc4)c3C)c(=O)n2[C@H]1c1ccc(N(C)C)cc1. The van der Waals surface area contributed by atoms with Crippen LogP contribution in [0, 0.1) is 13.8 Å². The topological polar surface area (TPSA) is 81.7 Å². The van der Waals surface area contributed by atoms with E-state index in [-0.39, 0.29) is 12.2 Å². The lowest BCUT2D eigenvalue weighted by atomic mass is 9.95. The van der Waals surface area contributed by atoms with Crippen LogP contribution in [0.2, 0.25) is 0 Å². The van der Waals surface area contributed by atoms with Crippen molar-refractivity contribution in [2.75, 3.05) is 25.6 Å². The fourth-order valence-electron chi connectivity index (χ4n) is 4.88. The molecule has 0 fully saturated rings. The van der Waals surface area contributed by atoms with E-state index in [0.717, 1.165) is 33.9 Å². The van der Waals surface area contributed by atoms with Gasteiger partial charge in [0.05, 0.1) is 39.8 Å². The van der Waals surface area contributed by atoms with Crippen molar-refractivity contribution in [3.05, 3.63) is 108 Å². The number of ether oxygens (including phenoxy) is 1. The average Bonchev–Trinajstić information content (AvgIpc) is 3.38. The Morgan fingerprint density at radius 3 is 2.41 bits per heavy atom. The summed E-state index contributed by atoms with van der Waals surface area (Å²) < 4.78 is 9.43. The maximum absolute atomic E-state index is 14.0. The molecule has 0 saturated heterocycles. The third kappa shape index (κ3) is 4.74. The minimum Gasteiger partial charge on any atom is -0.463 e. The van der Waals surface area contributed by atoms with E-state index >= 15 is 0 Å². The van der Waals surface area contributed by atoms with Crippen LogP contribution >= 0.6 is 11.3 Å². The predicted octanol–water partition coefficient (Wildman–Crippen LogP) is 3.67. The summed E-state index contributed by atoms with van der Waals surface area (Å²) in [4.78, 5) is 34.3. The summed E-state index contributed by atoms with van der Waals surface area (Å²) >= 11 is 1.31. The van der Waals surface area contributed by atoms with Crippen molar-refractivity contribution in [2.45, 2.75) is 33.7 Å². The van der Waals surface area contributed by atoms with Crippen molar-refractivity contribution in [3.63, 3.8) is 0 Å². The number of thiazole rings is 1. The molecule has 0 bridgehead atoms. The number of hydrogen-bond donors (Lipinski definition) is 0. The van der Waals surface area contributed by atoms with Crippen LogP contribution in [0.3, 0.4) is 0 Å². The van der Waals surface area contributed by atoms with Crippen LogP contribution in [-0.4, -0.2) is 41.0 Å². The van der Waals surface area contributed by atoms with Gasteiger partial charge in [0.2, 0.25) is 0 Å². The molecule has 0 aliphatic carbocycles. The second-order valence-corrected chi connectivity index (χ2v) is 10.6. The van der Waals surface area contributed by atoms with E-state index in [1.165, 1.54) is 11.3 Å². The van der Waals surface area contributed by atoms with Gasteiger partial charge in [-0.15, -0.1) is 0 Å². The molecule has 39 heavy (non-hydrogen) atoms. The molecule has 0 unspecified atom stereocenters. The lowest BCUT2D eigenvalue weighted by Gasteiger charge is -2.25. The number of hydrogen-bond acceptors (Lipinski definition) is 7. The van der Waals surface area contributed by atoms with E-state index in [1.807, 2.05) is 98.2 Å². The Bertz CT molecular complexity index is 1760. The zero-order valence-corrected chi connectivity index (χ0v) is 23.7. The quantitative estimate of drug-likeness (QED) is 0.348. The number of benzene rings is 2. The van der Waals surface area contributed by atoms with Gasteiger partial charge in [-0.3, -0.25) is 9.36 Å². The Balaban J connectivity index is 1.69. The van der Waals surface area contributed by atoms with Crippen molar-refractivity contribution in [2.24, 2.45) is 4.99 Å². The van der Waals surface area contributed by atoms with E-state index in [0.29, 0.717) is 20.6 Å². The minimum atomic E-state index is -0.645. The zero-order chi connectivity index (χ0) is 27.8. The van der Waals surface area contributed by atoms with Gasteiger partial charge in [0, 0.05) is 31.0 Å². The van der Waals surface area contributed by atoms with Crippen LogP contribution in [0.5, 0.6) is 0 Å². The summed E-state index contributed by atoms with van der Waals surface area (Å²) in [5.41, 5.74) is 6.14. The molecule has 9 heteroatoms. The number of anilines is 1. The molecule has 5 rings (SSSR count). The second kappa shape index (κ2) is 10.5. The molecule has 0 radical (unpaired) electrons. The number of para-hydroxylation sites is 1. The molecule has 1 aliphatic rings. The first-order chi connectivity index (χ1) is 18.7. The first-order valence-electron chi connectivity index (χ1n) is 12.8. The monoisotopic (exact) mass is 541 g/mol. The predicted molar refractivity (Wildman–Crippen MR) is 154 cm³/mol. The molecule has 2 aromatic carbocycles. The van der Waals surface area contributed by atoms with Gasteiger partial charge in [-0.2, -0.15) is 5.10 Å². The maximum atomic E-state index is 14.0. The lowest BCUT2D eigenvalue weighted by molar-refractivity contribution is -0.139. The van der Waals surface area contributed by atoms with Crippen LogP contribution in [-0.2, 0) is 9.53 Å². The largest absolute Gasteiger partial charge is 0.463 e. The first kappa shape index (κ1) is 26.4. The number of aromatic nitrogens is 3. The number of fused-ring (bicyclic) bond motifs is 1. The Labute approximate surface area is 230 Å². The highest BCUT2D eigenvalue weighted by molar-refractivity contribution is 7.07. The fraction of sp³-hybridized carbons (Fsp3) is 0.267. The second-order valence-electron chi connectivity index (χ2n) is 9.62. The maximum Gasteiger partial charge on any atom is 0.338 e. The van der Waals surface area contributed by atoms with Crippen LogP contribution < -0.4 is 19.8 Å². The standard InChI is InChI=1S/C30H31N5O3S/c1-7-38-29(37)26-19(3)31-30-34(27(26)21-13-15-22(16-14-21)33(5)6)28(36)25(39-30)17-24-18(2)32-35(20(24)4)23-11-9-8-10-12-23/h8-17,27H,7H2,1-6H3/t27-/m0/s1. The summed E-state index contributed by atoms with van der Waals surface area (Å²) in [5, 5.41) is 4.73. The van der Waals surface area contributed by atoms with Gasteiger partial charge in [0.15, 0.2) is 4.80 Å². The van der Waals surface area contributed by atoms with Crippen molar-refractivity contribution in [3.8, 4) is 5.69 Å². The number of carbonyl (C=O) groups is 1. The van der Waals surface area contributed by atoms with Crippen molar-refractivity contribution < 1.29 is 9.53 Å². The van der Waals surface area contributed by atoms with Crippen LogP contribution in [0.1, 0.15) is 42.4 Å². The zero-order valence-electron chi connectivity index (χ0n) is 22.9. The molecule has 1 atom stereocenters. The molecular formula is C30H31N5O3S. The van der Waals surface area contributed by atoms with E-state index in [1.54, 1.807) is 18.4 Å². The van der Waals surface area contributed by atoms with E-state index in [2.05, 4.69) is 4.99 Å². The molecule has 4 aromatic rings. The highest BCUT2D eigenvalue weighted by Crippen LogP contribution is 2.31. The Hall–Kier alpha value is -4.24. The van der Waals surface area contributed by atoms with Crippen LogP contribution in [0.25, 0.3) is 11.8 Å². The molecule has 0 amide bonds. The third-order valence-electron chi connectivity index (χ3n) is 6.87. The molecule has 8 nitrogen and oxygen atoms in total. The molecule has 0 saturated carbocycles. The summed E-state index contributed by atoms with van der Waals surface area (Å²) in [6, 6.07) is 17.1. The number of aryl methyl sites for hydroxylation is 1. The average molecular weight is 542 g/mol. The molecule has 200 valence electrons. The number of esters is 1. The number of carbonyl (C=O) groups excluding carboxylic acids is 1. The van der Waals surface area contributed by atoms with Gasteiger partial charge in [-0.05, 0) is 63.6 Å². The Morgan fingerprint density at radius 1 is 1.08 bits per heavy atom. The summed E-state index contributed by atoms with van der Waals surface area (Å²) in [6.45, 7) is 7.73. The normalized spacial score (nSPS) is 15.2. The van der Waals surface area contributed by atoms with E-state index < -0.39 is 12.0 Å². The smallest absolute Gasteiger partial charge is 0.338 e. The van der Waals surface area contributed by atoms with Gasteiger partial charge in [0.25, 0.3) is 5.56 Å². The first-order valence-corrected chi connectivity index (χ1v) is 13.6. The third-order valence-corrected chi connectivity index (χ3v) is 7.85. The summed E-state index contributed by atoms with van der Waals surface area (Å²) in [6.07, 6.45) is 1.89. The van der Waals surface area contributed by atoms with E-state index in [9.17, 15) is 9.59 Å². The van der Waals surface area contributed by atoms with Crippen LogP contribution in [0.15, 0.2) is 75.7 Å².